The SMILES string of the molecule is CCCCC(CC)c1c(/C=C\CN)n(-c2ccc3c(c2)c2c(n3-c3ccccc3)/C=C\CCCCC2N)c2ccc(-n3c4c(c5ccccc53)C(C)CCCCC/C=C\4)cc12. The Hall–Kier alpha value is -5.36. The molecule has 0 fully saturated rings. The molecule has 2 aliphatic carbocycles. The molecule has 0 saturated carbocycles. The average molecular weight is 808 g/mol. The Bertz CT molecular complexity index is 2730. The van der Waals surface area contributed by atoms with Crippen molar-refractivity contribution in [2.45, 2.75) is 122 Å². The third-order valence-electron chi connectivity index (χ3n) is 13.8. The van der Waals surface area contributed by atoms with Crippen LogP contribution in [0.3, 0.4) is 0 Å². The number of fused-ring (bicyclic) bond motifs is 7. The van der Waals surface area contributed by atoms with Crippen LogP contribution in [-0.2, 0) is 0 Å². The fourth-order valence-corrected chi connectivity index (χ4v) is 10.8. The number of para-hydroxylation sites is 2. The molecule has 0 aliphatic heterocycles. The quantitative estimate of drug-likeness (QED) is 0.145. The number of allylic oxidation sites excluding steroid dienone is 2. The van der Waals surface area contributed by atoms with Gasteiger partial charge in [0.2, 0.25) is 0 Å². The molecule has 3 aromatic heterocycles. The van der Waals surface area contributed by atoms with E-state index in [4.69, 9.17) is 11.5 Å². The van der Waals surface area contributed by atoms with Gasteiger partial charge in [0.1, 0.15) is 0 Å². The predicted molar refractivity (Wildman–Crippen MR) is 263 cm³/mol. The Balaban J connectivity index is 1.33. The van der Waals surface area contributed by atoms with E-state index in [1.807, 2.05) is 0 Å². The van der Waals surface area contributed by atoms with E-state index < -0.39 is 0 Å². The van der Waals surface area contributed by atoms with Gasteiger partial charge in [-0.25, -0.2) is 0 Å². The van der Waals surface area contributed by atoms with Crippen molar-refractivity contribution < 1.29 is 0 Å². The number of nitrogens with two attached hydrogens (primary N) is 2. The molecule has 0 amide bonds. The van der Waals surface area contributed by atoms with Gasteiger partial charge in [0.25, 0.3) is 0 Å². The predicted octanol–water partition coefficient (Wildman–Crippen LogP) is 14.8. The van der Waals surface area contributed by atoms with Crippen LogP contribution < -0.4 is 11.5 Å². The summed E-state index contributed by atoms with van der Waals surface area (Å²) >= 11 is 0. The lowest BCUT2D eigenvalue weighted by Gasteiger charge is -2.18. The Morgan fingerprint density at radius 2 is 1.30 bits per heavy atom. The topological polar surface area (TPSA) is 66.8 Å². The van der Waals surface area contributed by atoms with Crippen molar-refractivity contribution in [2.24, 2.45) is 11.5 Å². The maximum Gasteiger partial charge on any atom is 0.0539 e. The molecule has 314 valence electrons. The molecule has 0 saturated heterocycles. The maximum atomic E-state index is 7.23. The Labute approximate surface area is 363 Å². The molecule has 2 aliphatic rings. The van der Waals surface area contributed by atoms with Crippen LogP contribution in [0.1, 0.15) is 156 Å². The first-order valence-corrected chi connectivity index (χ1v) is 23.5. The lowest BCUT2D eigenvalue weighted by Crippen LogP contribution is -2.11. The summed E-state index contributed by atoms with van der Waals surface area (Å²) in [7, 11) is 0. The second-order valence-corrected chi connectivity index (χ2v) is 17.8. The van der Waals surface area contributed by atoms with Crippen molar-refractivity contribution in [3.05, 3.63) is 143 Å². The molecule has 61 heavy (non-hydrogen) atoms. The molecule has 5 heteroatoms. The van der Waals surface area contributed by atoms with Crippen molar-refractivity contribution in [2.75, 3.05) is 6.54 Å². The minimum Gasteiger partial charge on any atom is -0.327 e. The second-order valence-electron chi connectivity index (χ2n) is 17.8. The van der Waals surface area contributed by atoms with Crippen molar-refractivity contribution in [3.63, 3.8) is 0 Å². The van der Waals surface area contributed by atoms with Crippen LogP contribution in [0.4, 0.5) is 0 Å². The molecule has 9 rings (SSSR count). The van der Waals surface area contributed by atoms with Gasteiger partial charge >= 0.3 is 0 Å². The van der Waals surface area contributed by atoms with Gasteiger partial charge in [0, 0.05) is 57.1 Å². The first-order valence-electron chi connectivity index (χ1n) is 23.5. The van der Waals surface area contributed by atoms with Gasteiger partial charge in [0.15, 0.2) is 0 Å². The van der Waals surface area contributed by atoms with Gasteiger partial charge in [-0.2, -0.15) is 0 Å². The summed E-state index contributed by atoms with van der Waals surface area (Å²) in [5.41, 5.74) is 28.7. The number of aromatic nitrogens is 3. The van der Waals surface area contributed by atoms with Crippen LogP contribution in [0.2, 0.25) is 0 Å². The molecular formula is C56H65N5. The molecule has 4 N–H and O–H groups in total. The minimum atomic E-state index is -0.0589. The van der Waals surface area contributed by atoms with Crippen LogP contribution in [0.25, 0.3) is 68.0 Å². The van der Waals surface area contributed by atoms with E-state index in [0.29, 0.717) is 18.4 Å². The van der Waals surface area contributed by atoms with E-state index in [1.165, 1.54) is 111 Å². The fourth-order valence-electron chi connectivity index (χ4n) is 10.8. The maximum absolute atomic E-state index is 7.23. The summed E-state index contributed by atoms with van der Waals surface area (Å²) < 4.78 is 7.53. The van der Waals surface area contributed by atoms with Crippen LogP contribution in [0.15, 0.2) is 109 Å². The van der Waals surface area contributed by atoms with Crippen LogP contribution in [0.5, 0.6) is 0 Å². The summed E-state index contributed by atoms with van der Waals surface area (Å²) in [6.45, 7) is 7.62. The molecule has 4 aromatic carbocycles. The van der Waals surface area contributed by atoms with E-state index >= 15 is 0 Å². The average Bonchev–Trinajstić information content (AvgIpc) is 3.93. The summed E-state index contributed by atoms with van der Waals surface area (Å²) in [5.74, 6) is 0.880. The molecule has 5 nitrogen and oxygen atoms in total. The smallest absolute Gasteiger partial charge is 0.0539 e. The number of rotatable bonds is 10. The second kappa shape index (κ2) is 18.3. The van der Waals surface area contributed by atoms with E-state index in [-0.39, 0.29) is 6.04 Å². The summed E-state index contributed by atoms with van der Waals surface area (Å²) in [4.78, 5) is 0. The highest BCUT2D eigenvalue weighted by Gasteiger charge is 2.28. The Kier molecular flexibility index (Phi) is 12.3. The molecule has 0 spiro atoms. The summed E-state index contributed by atoms with van der Waals surface area (Å²) in [6.07, 6.45) is 29.1. The fraction of sp³-hybridized carbons (Fsp3) is 0.357. The highest BCUT2D eigenvalue weighted by Crippen LogP contribution is 2.44. The Morgan fingerprint density at radius 3 is 2.05 bits per heavy atom. The zero-order chi connectivity index (χ0) is 41.9. The highest BCUT2D eigenvalue weighted by molar-refractivity contribution is 5.97. The number of unbranched alkanes of at least 4 members (excludes halogenated alkanes) is 1. The third kappa shape index (κ3) is 7.65. The lowest BCUT2D eigenvalue weighted by atomic mass is 9.88. The Morgan fingerprint density at radius 1 is 0.656 bits per heavy atom. The first kappa shape index (κ1) is 41.0. The molecule has 0 bridgehead atoms. The van der Waals surface area contributed by atoms with E-state index in [2.05, 4.69) is 162 Å². The highest BCUT2D eigenvalue weighted by atomic mass is 15.0. The number of hydrogen-bond donors (Lipinski definition) is 2. The van der Waals surface area contributed by atoms with Crippen LogP contribution in [0, 0.1) is 0 Å². The molecular weight excluding hydrogens is 743 g/mol. The van der Waals surface area contributed by atoms with Gasteiger partial charge in [-0.05, 0) is 147 Å². The number of nitrogens with zero attached hydrogens (tertiary/aromatic N) is 3. The molecule has 3 heterocycles. The van der Waals surface area contributed by atoms with Gasteiger partial charge in [-0.3, -0.25) is 0 Å². The van der Waals surface area contributed by atoms with Gasteiger partial charge < -0.3 is 25.2 Å². The monoisotopic (exact) mass is 808 g/mol. The van der Waals surface area contributed by atoms with Crippen LogP contribution in [-0.4, -0.2) is 20.2 Å². The number of benzene rings is 4. The summed E-state index contributed by atoms with van der Waals surface area (Å²) in [6, 6.07) is 34.2. The zero-order valence-corrected chi connectivity index (χ0v) is 36.8. The van der Waals surface area contributed by atoms with Crippen molar-refractivity contribution >= 4 is 50.9 Å². The van der Waals surface area contributed by atoms with Crippen LogP contribution >= 0.6 is 0 Å². The molecule has 3 unspecified atom stereocenters. The van der Waals surface area contributed by atoms with Crippen molar-refractivity contribution in [3.8, 4) is 17.1 Å². The van der Waals surface area contributed by atoms with E-state index in [9.17, 15) is 0 Å². The standard InChI is InChI=1S/C56H65N5/c1-4-6-23-40(5-2)55-45-37-42(60-48-28-20-19-26-44(48)54-39(3)22-13-8-7-9-17-29-51(54)60)32-34-49(45)61(52(55)31-21-36-57)43-33-35-50-46(38-43)56-47(58)27-16-10-11-18-30-53(56)59(50)41-24-14-12-15-25-41/h12,14-15,17-21,24-26,28-35,37-40,47H,4-11,13,16,22-23,27,36,57-58H2,1-3H3/b29-17-,30-18-,31-21-. The third-order valence-corrected chi connectivity index (χ3v) is 13.8. The normalized spacial score (nSPS) is 19.1. The first-order chi connectivity index (χ1) is 30.0. The van der Waals surface area contributed by atoms with Crippen molar-refractivity contribution in [1.82, 2.24) is 13.7 Å². The largest absolute Gasteiger partial charge is 0.327 e. The molecule has 7 aromatic rings. The van der Waals surface area contributed by atoms with E-state index in [0.717, 1.165) is 56.3 Å². The van der Waals surface area contributed by atoms with E-state index in [1.54, 1.807) is 0 Å². The van der Waals surface area contributed by atoms with Gasteiger partial charge in [-0.1, -0.05) is 108 Å². The van der Waals surface area contributed by atoms with Gasteiger partial charge in [-0.15, -0.1) is 0 Å². The number of hydrogen-bond acceptors (Lipinski definition) is 2. The lowest BCUT2D eigenvalue weighted by molar-refractivity contribution is 0.571. The van der Waals surface area contributed by atoms with Crippen molar-refractivity contribution in [1.29, 1.82) is 0 Å². The molecule has 0 radical (unpaired) electrons. The van der Waals surface area contributed by atoms with Gasteiger partial charge in [0.05, 0.1) is 27.9 Å². The summed E-state index contributed by atoms with van der Waals surface area (Å²) in [5, 5.41) is 3.93. The zero-order valence-electron chi connectivity index (χ0n) is 36.8. The molecule has 3 atom stereocenters. The minimum absolute atomic E-state index is 0.0589.